The number of benzene rings is 1. The van der Waals surface area contributed by atoms with Crippen LogP contribution in [0.15, 0.2) is 47.7 Å². The summed E-state index contributed by atoms with van der Waals surface area (Å²) < 4.78 is 48.6. The number of nitrogens with one attached hydrogen (secondary N) is 1. The van der Waals surface area contributed by atoms with E-state index in [0.717, 1.165) is 79.8 Å². The van der Waals surface area contributed by atoms with Gasteiger partial charge in [0.15, 0.2) is 5.82 Å². The van der Waals surface area contributed by atoms with E-state index in [9.17, 15) is 13.2 Å². The molecular weight excluding hydrogens is 546 g/mol. The first kappa shape index (κ1) is 21.3. The van der Waals surface area contributed by atoms with Gasteiger partial charge in [0.2, 0.25) is 0 Å². The number of alkyl halides is 3. The Morgan fingerprint density at radius 2 is 2.00 bits per heavy atom. The quantitative estimate of drug-likeness (QED) is 0.545. The number of aromatic nitrogens is 2. The molecule has 2 aromatic rings. The van der Waals surface area contributed by atoms with Crippen LogP contribution in [-0.4, -0.2) is 51.4 Å². The van der Waals surface area contributed by atoms with Gasteiger partial charge in [-0.2, -0.15) is 18.2 Å². The summed E-state index contributed by atoms with van der Waals surface area (Å²) in [5.74, 6) is 3.11. The molecule has 0 unspecified atom stereocenters. The minimum atomic E-state index is -4.37. The van der Waals surface area contributed by atoms with Gasteiger partial charge >= 0.3 is 6.18 Å². The van der Waals surface area contributed by atoms with Gasteiger partial charge in [-0.05, 0) is 38.1 Å². The Morgan fingerprint density at radius 3 is 2.79 bits per heavy atom. The molecule has 0 radical (unpaired) electrons. The minimum Gasteiger partial charge on any atom is -0.355 e. The summed E-state index contributed by atoms with van der Waals surface area (Å²) in [6, 6.07) is 3.86. The van der Waals surface area contributed by atoms with Crippen LogP contribution in [0.25, 0.3) is 11.0 Å². The summed E-state index contributed by atoms with van der Waals surface area (Å²) in [7, 11) is 0. The number of rotatable bonds is 3. The van der Waals surface area contributed by atoms with Gasteiger partial charge in [-0.25, -0.2) is 9.98 Å². The van der Waals surface area contributed by atoms with Gasteiger partial charge in [-0.1, -0.05) is 0 Å². The summed E-state index contributed by atoms with van der Waals surface area (Å²) in [4.78, 5) is 11.9. The normalized spacial score (nSPS) is 21.3. The summed E-state index contributed by atoms with van der Waals surface area (Å²) >= 11 is -0.375. The van der Waals surface area contributed by atoms with Gasteiger partial charge in [-0.15, -0.1) is 3.25 Å². The molecule has 1 aromatic heterocycles. The predicted molar refractivity (Wildman–Crippen MR) is 128 cm³/mol. The molecule has 11 heteroatoms. The Bertz CT molecular complexity index is 1250. The van der Waals surface area contributed by atoms with E-state index >= 15 is 0 Å². The van der Waals surface area contributed by atoms with Gasteiger partial charge in [-0.3, -0.25) is 0 Å². The van der Waals surface area contributed by atoms with Crippen LogP contribution >= 0.6 is 21.0 Å². The van der Waals surface area contributed by atoms with Crippen molar-refractivity contribution in [2.45, 2.75) is 38.4 Å². The molecule has 0 amide bonds. The molecule has 174 valence electrons. The third kappa shape index (κ3) is 3.50. The van der Waals surface area contributed by atoms with E-state index in [4.69, 9.17) is 8.25 Å². The molecule has 0 aliphatic carbocycles. The van der Waals surface area contributed by atoms with Crippen LogP contribution in [0.3, 0.4) is 0 Å². The predicted octanol–water partition coefficient (Wildman–Crippen LogP) is 4.71. The van der Waals surface area contributed by atoms with E-state index in [0.29, 0.717) is 12.1 Å². The van der Waals surface area contributed by atoms with E-state index in [1.54, 1.807) is 6.07 Å². The van der Waals surface area contributed by atoms with Crippen molar-refractivity contribution in [3.63, 3.8) is 0 Å². The molecule has 1 aromatic carbocycles. The second kappa shape index (κ2) is 7.90. The summed E-state index contributed by atoms with van der Waals surface area (Å²) in [5.41, 5.74) is 2.94. The first-order chi connectivity index (χ1) is 15.9. The van der Waals surface area contributed by atoms with Gasteiger partial charge < -0.3 is 14.8 Å². The molecule has 0 bridgehead atoms. The molecule has 2 saturated heterocycles. The number of halogens is 4. The number of likely N-dealkylation sites (tertiary alicyclic amines) is 1. The summed E-state index contributed by atoms with van der Waals surface area (Å²) in [6.45, 7) is 6.07. The standard InChI is InChI=1S/C22H23F3IN7/c1-2-32-18-4-3-14(22(23,24)25)9-17(18)29-20(32)13-11-31(12-13)21-15-5-7-27-8-6-16(15)28-19-10-26-30-33(19)21/h3-4,9-10,13,27H,2,5-8,11-12H2,1H3. The fourth-order valence-corrected chi connectivity index (χ4v) is 6.44. The van der Waals surface area contributed by atoms with Crippen molar-refractivity contribution < 1.29 is 13.2 Å². The zero-order valence-electron chi connectivity index (χ0n) is 18.0. The maximum atomic E-state index is 13.2. The highest BCUT2D eigenvalue weighted by Crippen LogP contribution is 2.42. The third-order valence-electron chi connectivity index (χ3n) is 6.61. The molecule has 0 saturated carbocycles. The van der Waals surface area contributed by atoms with Crippen molar-refractivity contribution in [1.29, 1.82) is 0 Å². The van der Waals surface area contributed by atoms with Crippen LogP contribution in [0.1, 0.15) is 37.1 Å². The number of nitrogens with zero attached hydrogens (tertiary/aromatic N) is 6. The zero-order valence-corrected chi connectivity index (χ0v) is 20.2. The number of aryl methyl sites for hydroxylation is 1. The lowest BCUT2D eigenvalue weighted by molar-refractivity contribution is -0.137. The van der Waals surface area contributed by atoms with Crippen LogP contribution in [0.2, 0.25) is 0 Å². The zero-order chi connectivity index (χ0) is 22.7. The fourth-order valence-electron chi connectivity index (χ4n) is 4.99. The highest BCUT2D eigenvalue weighted by molar-refractivity contribution is 14.2. The van der Waals surface area contributed by atoms with E-state index in [1.165, 1.54) is 5.57 Å². The van der Waals surface area contributed by atoms with Gasteiger partial charge in [0.05, 0.1) is 49.3 Å². The topological polar surface area (TPSA) is 61.1 Å². The monoisotopic (exact) mass is 569 g/mol. The summed E-state index contributed by atoms with van der Waals surface area (Å²) in [6.07, 6.45) is -2.54. The van der Waals surface area contributed by atoms with E-state index < -0.39 is 11.7 Å². The number of imidazole rings is 1. The van der Waals surface area contributed by atoms with Crippen LogP contribution in [0, 0.1) is 0 Å². The third-order valence-corrected chi connectivity index (χ3v) is 8.13. The van der Waals surface area contributed by atoms with Crippen LogP contribution in [0.4, 0.5) is 13.2 Å². The molecule has 0 atom stereocenters. The van der Waals surface area contributed by atoms with Crippen molar-refractivity contribution in [3.8, 4) is 0 Å². The highest BCUT2D eigenvalue weighted by Gasteiger charge is 2.40. The second-order valence-corrected chi connectivity index (χ2v) is 10.2. The van der Waals surface area contributed by atoms with Crippen molar-refractivity contribution >= 4 is 37.8 Å². The van der Waals surface area contributed by atoms with Crippen molar-refractivity contribution in [1.82, 2.24) is 24.8 Å². The Labute approximate surface area is 199 Å². The number of aliphatic imine (C=N–C) groups is 1. The average Bonchev–Trinajstić information content (AvgIpc) is 3.28. The molecule has 6 rings (SSSR count). The SMILES string of the molecule is CCn1c(C2CN(C3=C4CCNCCC4=NC4=CI=NN43)C2)nc2cc(C(F)(F)F)ccc21. The van der Waals surface area contributed by atoms with Crippen LogP contribution in [-0.2, 0) is 12.7 Å². The molecular formula is C22H23F3IN7. The van der Waals surface area contributed by atoms with Gasteiger partial charge in [0.1, 0.15) is 11.6 Å². The average molecular weight is 569 g/mol. The lowest BCUT2D eigenvalue weighted by Crippen LogP contribution is -2.49. The minimum absolute atomic E-state index is 0.163. The number of hydrogen-bond donors (Lipinski definition) is 1. The Hall–Kier alpha value is -2.28. The van der Waals surface area contributed by atoms with Crippen molar-refractivity contribution in [2.75, 3.05) is 26.2 Å². The maximum Gasteiger partial charge on any atom is 0.416 e. The number of fused-ring (bicyclic) bond motifs is 3. The molecule has 2 fully saturated rings. The van der Waals surface area contributed by atoms with Crippen LogP contribution < -0.4 is 5.32 Å². The lowest BCUT2D eigenvalue weighted by atomic mass is 9.96. The van der Waals surface area contributed by atoms with Gasteiger partial charge in [0, 0.05) is 42.3 Å². The van der Waals surface area contributed by atoms with Gasteiger partial charge in [0.25, 0.3) is 0 Å². The maximum absolute atomic E-state index is 13.2. The largest absolute Gasteiger partial charge is 0.416 e. The molecule has 33 heavy (non-hydrogen) atoms. The Morgan fingerprint density at radius 1 is 1.18 bits per heavy atom. The van der Waals surface area contributed by atoms with E-state index in [1.807, 2.05) is 11.9 Å². The smallest absolute Gasteiger partial charge is 0.355 e. The molecule has 4 aliphatic rings. The molecule has 0 spiro atoms. The highest BCUT2D eigenvalue weighted by atomic mass is 127. The van der Waals surface area contributed by atoms with E-state index in [2.05, 4.69) is 23.9 Å². The molecule has 4 aliphatic heterocycles. The number of hydrogen-bond acceptors (Lipinski definition) is 6. The van der Waals surface area contributed by atoms with Crippen LogP contribution in [0.5, 0.6) is 0 Å². The molecule has 5 heterocycles. The van der Waals surface area contributed by atoms with Crippen molar-refractivity contribution in [2.24, 2.45) is 8.25 Å². The molecule has 1 N–H and O–H groups in total. The second-order valence-electron chi connectivity index (χ2n) is 8.58. The molecule has 7 nitrogen and oxygen atoms in total. The summed E-state index contributed by atoms with van der Waals surface area (Å²) in [5, 5.41) is 5.48. The first-order valence-electron chi connectivity index (χ1n) is 11.1. The Kier molecular flexibility index (Phi) is 5.09. The fraction of sp³-hybridized carbons (Fsp3) is 0.455. The van der Waals surface area contributed by atoms with Crippen molar-refractivity contribution in [3.05, 3.63) is 50.9 Å². The van der Waals surface area contributed by atoms with E-state index in [-0.39, 0.29) is 27.0 Å². The lowest BCUT2D eigenvalue weighted by Gasteiger charge is -2.45. The Balaban J connectivity index is 1.32. The first-order valence-corrected chi connectivity index (χ1v) is 13.3.